The number of amides is 2. The minimum Gasteiger partial charge on any atom is -0.338 e. The first-order valence-corrected chi connectivity index (χ1v) is 9.26. The maximum Gasteiger partial charge on any atom is 0.239 e. The molecule has 5 nitrogen and oxygen atoms in total. The molecule has 0 saturated carbocycles. The molecule has 1 aliphatic heterocycles. The molecule has 1 aliphatic rings. The first-order valence-electron chi connectivity index (χ1n) is 9.26. The number of carbonyl (C=O) groups is 2. The number of nitrogens with zero attached hydrogens (tertiary/aromatic N) is 2. The molecule has 0 aliphatic carbocycles. The average molecular weight is 340 g/mol. The van der Waals surface area contributed by atoms with Gasteiger partial charge in [-0.3, -0.25) is 9.59 Å². The molecule has 1 rings (SSSR count). The van der Waals surface area contributed by atoms with Crippen LogP contribution in [0.3, 0.4) is 0 Å². The molecular formula is C19H37N3O2. The smallest absolute Gasteiger partial charge is 0.239 e. The van der Waals surface area contributed by atoms with Gasteiger partial charge in [-0.05, 0) is 30.6 Å². The van der Waals surface area contributed by atoms with E-state index < -0.39 is 6.04 Å². The first-order chi connectivity index (χ1) is 10.9. The van der Waals surface area contributed by atoms with Crippen LogP contribution in [0.1, 0.15) is 61.3 Å². The molecule has 1 saturated heterocycles. The Labute approximate surface area is 147 Å². The summed E-state index contributed by atoms with van der Waals surface area (Å²) in [5.41, 5.74) is 6.22. The number of hydrogen-bond acceptors (Lipinski definition) is 3. The second-order valence-corrected chi connectivity index (χ2v) is 9.06. The lowest BCUT2D eigenvalue weighted by Gasteiger charge is -2.41. The van der Waals surface area contributed by atoms with Crippen molar-refractivity contribution in [3.8, 4) is 0 Å². The lowest BCUT2D eigenvalue weighted by molar-refractivity contribution is -0.144. The van der Waals surface area contributed by atoms with Crippen LogP contribution in [-0.2, 0) is 9.59 Å². The Morgan fingerprint density at radius 3 is 2.21 bits per heavy atom. The standard InChI is InChI=1S/C19H37N3O2/c1-13(2)17(20)18(24)21-8-9-22(15(4)12-21)16(23)10-14(3)11-19(5,6)7/h13-15,17H,8-12,20H2,1-7H3/t14-,15+,17+/m1/s1. The van der Waals surface area contributed by atoms with Crippen molar-refractivity contribution >= 4 is 11.8 Å². The van der Waals surface area contributed by atoms with Crippen molar-refractivity contribution < 1.29 is 9.59 Å². The fourth-order valence-electron chi connectivity index (χ4n) is 3.56. The zero-order chi connectivity index (χ0) is 18.7. The number of rotatable bonds is 5. The molecule has 1 heterocycles. The Hall–Kier alpha value is -1.10. The van der Waals surface area contributed by atoms with E-state index in [-0.39, 0.29) is 29.2 Å². The van der Waals surface area contributed by atoms with E-state index in [1.165, 1.54) is 0 Å². The molecule has 3 atom stereocenters. The molecule has 0 spiro atoms. The fraction of sp³-hybridized carbons (Fsp3) is 0.895. The van der Waals surface area contributed by atoms with Gasteiger partial charge in [0.2, 0.25) is 11.8 Å². The molecule has 0 aromatic rings. The van der Waals surface area contributed by atoms with Gasteiger partial charge in [0.1, 0.15) is 0 Å². The number of nitrogens with two attached hydrogens (primary N) is 1. The lowest BCUT2D eigenvalue weighted by Crippen LogP contribution is -2.58. The molecule has 2 N–H and O–H groups in total. The van der Waals surface area contributed by atoms with Crippen LogP contribution in [0, 0.1) is 17.3 Å². The minimum atomic E-state index is -0.453. The largest absolute Gasteiger partial charge is 0.338 e. The van der Waals surface area contributed by atoms with Gasteiger partial charge in [-0.1, -0.05) is 41.5 Å². The quantitative estimate of drug-likeness (QED) is 0.837. The molecule has 24 heavy (non-hydrogen) atoms. The summed E-state index contributed by atoms with van der Waals surface area (Å²) in [6, 6.07) is -0.400. The van der Waals surface area contributed by atoms with Crippen LogP contribution >= 0.6 is 0 Å². The van der Waals surface area contributed by atoms with E-state index in [0.717, 1.165) is 6.42 Å². The van der Waals surface area contributed by atoms with Gasteiger partial charge in [-0.15, -0.1) is 0 Å². The summed E-state index contributed by atoms with van der Waals surface area (Å²) < 4.78 is 0. The van der Waals surface area contributed by atoms with Crippen LogP contribution < -0.4 is 5.73 Å². The summed E-state index contributed by atoms with van der Waals surface area (Å²) in [6.07, 6.45) is 1.62. The van der Waals surface area contributed by atoms with E-state index in [1.807, 2.05) is 30.6 Å². The third kappa shape index (κ3) is 6.08. The van der Waals surface area contributed by atoms with E-state index in [4.69, 9.17) is 5.73 Å². The van der Waals surface area contributed by atoms with Crippen LogP contribution in [0.5, 0.6) is 0 Å². The monoisotopic (exact) mass is 339 g/mol. The van der Waals surface area contributed by atoms with Gasteiger partial charge in [0, 0.05) is 32.1 Å². The summed E-state index contributed by atoms with van der Waals surface area (Å²) in [4.78, 5) is 28.8. The van der Waals surface area contributed by atoms with Gasteiger partial charge in [-0.25, -0.2) is 0 Å². The van der Waals surface area contributed by atoms with Crippen LogP contribution in [0.15, 0.2) is 0 Å². The molecule has 0 radical (unpaired) electrons. The van der Waals surface area contributed by atoms with Crippen LogP contribution in [0.2, 0.25) is 0 Å². The van der Waals surface area contributed by atoms with Crippen LogP contribution in [0.4, 0.5) is 0 Å². The van der Waals surface area contributed by atoms with Gasteiger partial charge in [0.05, 0.1) is 6.04 Å². The molecule has 2 amide bonds. The van der Waals surface area contributed by atoms with Crippen LogP contribution in [0.25, 0.3) is 0 Å². The predicted octanol–water partition coefficient (Wildman–Crippen LogP) is 2.49. The van der Waals surface area contributed by atoms with Crippen molar-refractivity contribution in [1.82, 2.24) is 9.80 Å². The van der Waals surface area contributed by atoms with Crippen molar-refractivity contribution in [2.75, 3.05) is 19.6 Å². The summed E-state index contributed by atoms with van der Waals surface area (Å²) in [6.45, 7) is 16.5. The van der Waals surface area contributed by atoms with Crippen molar-refractivity contribution in [3.63, 3.8) is 0 Å². The Morgan fingerprint density at radius 2 is 1.75 bits per heavy atom. The molecule has 1 fully saturated rings. The Bertz CT molecular complexity index is 442. The molecule has 0 aromatic heterocycles. The van der Waals surface area contributed by atoms with Gasteiger partial charge >= 0.3 is 0 Å². The predicted molar refractivity (Wildman–Crippen MR) is 98.4 cm³/mol. The third-order valence-electron chi connectivity index (χ3n) is 4.75. The molecule has 0 bridgehead atoms. The summed E-state index contributed by atoms with van der Waals surface area (Å²) >= 11 is 0. The Morgan fingerprint density at radius 1 is 1.17 bits per heavy atom. The second-order valence-electron chi connectivity index (χ2n) is 9.06. The highest BCUT2D eigenvalue weighted by Gasteiger charge is 2.33. The van der Waals surface area contributed by atoms with Gasteiger partial charge in [0.25, 0.3) is 0 Å². The van der Waals surface area contributed by atoms with E-state index in [0.29, 0.717) is 32.0 Å². The summed E-state index contributed by atoms with van der Waals surface area (Å²) in [7, 11) is 0. The molecule has 0 unspecified atom stereocenters. The van der Waals surface area contributed by atoms with Crippen LogP contribution in [-0.4, -0.2) is 53.3 Å². The summed E-state index contributed by atoms with van der Waals surface area (Å²) in [5, 5.41) is 0. The van der Waals surface area contributed by atoms with E-state index in [9.17, 15) is 9.59 Å². The van der Waals surface area contributed by atoms with Crippen molar-refractivity contribution in [2.24, 2.45) is 23.0 Å². The first kappa shape index (κ1) is 20.9. The third-order valence-corrected chi connectivity index (χ3v) is 4.75. The number of piperazine rings is 1. The minimum absolute atomic E-state index is 0.00468. The van der Waals surface area contributed by atoms with E-state index >= 15 is 0 Å². The SMILES string of the molecule is CC(C)[C@H](N)C(=O)N1CCN(C(=O)C[C@@H](C)CC(C)(C)C)[C@@H](C)C1. The van der Waals surface area contributed by atoms with Gasteiger partial charge in [0.15, 0.2) is 0 Å². The highest BCUT2D eigenvalue weighted by molar-refractivity contribution is 5.82. The normalized spacial score (nSPS) is 21.8. The molecule has 140 valence electrons. The maximum absolute atomic E-state index is 12.6. The zero-order valence-electron chi connectivity index (χ0n) is 16.6. The highest BCUT2D eigenvalue weighted by Crippen LogP contribution is 2.27. The zero-order valence-corrected chi connectivity index (χ0v) is 16.6. The Kier molecular flexibility index (Phi) is 7.26. The average Bonchev–Trinajstić information content (AvgIpc) is 2.42. The molecular weight excluding hydrogens is 302 g/mol. The number of hydrogen-bond donors (Lipinski definition) is 1. The summed E-state index contributed by atoms with van der Waals surface area (Å²) in [5.74, 6) is 0.717. The van der Waals surface area contributed by atoms with Crippen molar-refractivity contribution in [3.05, 3.63) is 0 Å². The van der Waals surface area contributed by atoms with Gasteiger partial charge < -0.3 is 15.5 Å². The fourth-order valence-corrected chi connectivity index (χ4v) is 3.56. The van der Waals surface area contributed by atoms with Crippen molar-refractivity contribution in [1.29, 1.82) is 0 Å². The van der Waals surface area contributed by atoms with E-state index in [2.05, 4.69) is 27.7 Å². The van der Waals surface area contributed by atoms with Crippen molar-refractivity contribution in [2.45, 2.75) is 73.4 Å². The molecule has 5 heteroatoms. The topological polar surface area (TPSA) is 66.6 Å². The van der Waals surface area contributed by atoms with E-state index in [1.54, 1.807) is 0 Å². The highest BCUT2D eigenvalue weighted by atomic mass is 16.2. The Balaban J connectivity index is 2.57. The number of carbonyl (C=O) groups excluding carboxylic acids is 2. The maximum atomic E-state index is 12.6. The molecule has 0 aromatic carbocycles. The lowest BCUT2D eigenvalue weighted by atomic mass is 9.84. The van der Waals surface area contributed by atoms with Gasteiger partial charge in [-0.2, -0.15) is 0 Å². The second kappa shape index (κ2) is 8.32.